The number of para-hydroxylation sites is 2. The number of carbonyl (C=O) groups excluding carboxylic acids is 1. The molecule has 4 heteroatoms. The van der Waals surface area contributed by atoms with Gasteiger partial charge in [0.1, 0.15) is 6.17 Å². The second kappa shape index (κ2) is 5.80. The lowest BCUT2D eigenvalue weighted by Gasteiger charge is -2.43. The lowest BCUT2D eigenvalue weighted by molar-refractivity contribution is 0.0970. The van der Waals surface area contributed by atoms with E-state index in [1.54, 1.807) is 11.3 Å². The smallest absolute Gasteiger partial charge is 0.262 e. The van der Waals surface area contributed by atoms with Crippen molar-refractivity contribution >= 4 is 28.6 Å². The molecule has 0 N–H and O–H groups in total. The van der Waals surface area contributed by atoms with Gasteiger partial charge in [-0.1, -0.05) is 30.3 Å². The maximum Gasteiger partial charge on any atom is 0.262 e. The fourth-order valence-electron chi connectivity index (χ4n) is 3.27. The average Bonchev–Trinajstić information content (AvgIpc) is 3.04. The standard InChI is InChI=1S/C20H18N2OS/c1-14-12-13-18(24-14)19-21(2)17-11-7-6-10-16(17)20(23)22(19)15-8-4-3-5-9-15/h3-13,19H,1-2H3/t19-/m0/s1. The first-order valence-electron chi connectivity index (χ1n) is 7.93. The fourth-order valence-corrected chi connectivity index (χ4v) is 4.28. The van der Waals surface area contributed by atoms with E-state index in [9.17, 15) is 4.79 Å². The van der Waals surface area contributed by atoms with Gasteiger partial charge in [0.15, 0.2) is 0 Å². The summed E-state index contributed by atoms with van der Waals surface area (Å²) < 4.78 is 0. The monoisotopic (exact) mass is 334 g/mol. The Bertz CT molecular complexity index is 887. The van der Waals surface area contributed by atoms with Gasteiger partial charge in [-0.3, -0.25) is 9.69 Å². The van der Waals surface area contributed by atoms with E-state index >= 15 is 0 Å². The van der Waals surface area contributed by atoms with Gasteiger partial charge in [-0.25, -0.2) is 0 Å². The number of carbonyl (C=O) groups is 1. The summed E-state index contributed by atoms with van der Waals surface area (Å²) in [5.74, 6) is 0.0472. The van der Waals surface area contributed by atoms with E-state index in [4.69, 9.17) is 0 Å². The topological polar surface area (TPSA) is 23.6 Å². The van der Waals surface area contributed by atoms with Gasteiger partial charge in [0, 0.05) is 22.5 Å². The highest BCUT2D eigenvalue weighted by Crippen LogP contribution is 2.42. The molecule has 2 aromatic carbocycles. The fraction of sp³-hybridized carbons (Fsp3) is 0.150. The van der Waals surface area contributed by atoms with Crippen LogP contribution in [-0.4, -0.2) is 13.0 Å². The highest BCUT2D eigenvalue weighted by molar-refractivity contribution is 7.12. The minimum Gasteiger partial charge on any atom is -0.349 e. The van der Waals surface area contributed by atoms with Crippen LogP contribution in [-0.2, 0) is 0 Å². The first-order chi connectivity index (χ1) is 11.7. The maximum absolute atomic E-state index is 13.3. The van der Waals surface area contributed by atoms with Crippen molar-refractivity contribution in [2.75, 3.05) is 16.8 Å². The molecule has 3 aromatic rings. The van der Waals surface area contributed by atoms with E-state index in [-0.39, 0.29) is 12.1 Å². The summed E-state index contributed by atoms with van der Waals surface area (Å²) in [6.07, 6.45) is -0.131. The molecule has 4 rings (SSSR count). The third kappa shape index (κ3) is 2.31. The zero-order valence-electron chi connectivity index (χ0n) is 13.6. The number of nitrogens with zero attached hydrogens (tertiary/aromatic N) is 2. The second-order valence-corrected chi connectivity index (χ2v) is 7.28. The van der Waals surface area contributed by atoms with Crippen molar-refractivity contribution < 1.29 is 4.79 Å². The normalized spacial score (nSPS) is 17.1. The molecule has 0 saturated carbocycles. The quantitative estimate of drug-likeness (QED) is 0.669. The summed E-state index contributed by atoms with van der Waals surface area (Å²) in [5.41, 5.74) is 2.64. The van der Waals surface area contributed by atoms with Crippen LogP contribution in [0, 0.1) is 6.92 Å². The van der Waals surface area contributed by atoms with Crippen LogP contribution in [0.2, 0.25) is 0 Å². The van der Waals surface area contributed by atoms with Gasteiger partial charge in [0.2, 0.25) is 0 Å². The minimum absolute atomic E-state index is 0.0472. The Morgan fingerprint density at radius 2 is 1.62 bits per heavy atom. The van der Waals surface area contributed by atoms with Gasteiger partial charge in [-0.2, -0.15) is 0 Å². The van der Waals surface area contributed by atoms with Gasteiger partial charge in [0.05, 0.1) is 11.3 Å². The van der Waals surface area contributed by atoms with Crippen LogP contribution in [0.5, 0.6) is 0 Å². The van der Waals surface area contributed by atoms with Crippen molar-refractivity contribution in [3.05, 3.63) is 82.0 Å². The molecule has 2 heterocycles. The van der Waals surface area contributed by atoms with E-state index in [2.05, 4.69) is 31.0 Å². The van der Waals surface area contributed by atoms with Crippen LogP contribution in [0.15, 0.2) is 66.7 Å². The second-order valence-electron chi connectivity index (χ2n) is 5.96. The van der Waals surface area contributed by atoms with Crippen LogP contribution < -0.4 is 9.80 Å². The van der Waals surface area contributed by atoms with Crippen LogP contribution in [0.25, 0.3) is 0 Å². The SMILES string of the molecule is Cc1ccc([C@H]2N(C)c3ccccc3C(=O)N2c2ccccc2)s1. The summed E-state index contributed by atoms with van der Waals surface area (Å²) >= 11 is 1.74. The highest BCUT2D eigenvalue weighted by Gasteiger charge is 2.38. The van der Waals surface area contributed by atoms with Crippen molar-refractivity contribution in [3.8, 4) is 0 Å². The lowest BCUT2D eigenvalue weighted by atomic mass is 10.0. The van der Waals surface area contributed by atoms with E-state index in [1.807, 2.05) is 59.5 Å². The van der Waals surface area contributed by atoms with Crippen molar-refractivity contribution in [1.29, 1.82) is 0 Å². The highest BCUT2D eigenvalue weighted by atomic mass is 32.1. The largest absolute Gasteiger partial charge is 0.349 e. The third-order valence-corrected chi connectivity index (χ3v) is 5.44. The number of anilines is 2. The third-order valence-electron chi connectivity index (χ3n) is 4.39. The molecule has 0 fully saturated rings. The Morgan fingerprint density at radius 1 is 0.917 bits per heavy atom. The first-order valence-corrected chi connectivity index (χ1v) is 8.75. The van der Waals surface area contributed by atoms with Crippen LogP contribution >= 0.6 is 11.3 Å². The molecule has 1 atom stereocenters. The predicted octanol–water partition coefficient (Wildman–Crippen LogP) is 4.85. The first kappa shape index (κ1) is 15.0. The Kier molecular flexibility index (Phi) is 3.62. The number of hydrogen-bond donors (Lipinski definition) is 0. The van der Waals surface area contributed by atoms with Gasteiger partial charge >= 0.3 is 0 Å². The number of rotatable bonds is 2. The summed E-state index contributed by atoms with van der Waals surface area (Å²) in [7, 11) is 2.06. The van der Waals surface area contributed by atoms with E-state index in [0.29, 0.717) is 0 Å². The Morgan fingerprint density at radius 3 is 2.33 bits per heavy atom. The number of aryl methyl sites for hydroxylation is 1. The van der Waals surface area contributed by atoms with Gasteiger partial charge in [0.25, 0.3) is 5.91 Å². The number of thiophene rings is 1. The number of amides is 1. The molecule has 120 valence electrons. The zero-order chi connectivity index (χ0) is 16.7. The molecule has 1 aliphatic rings. The lowest BCUT2D eigenvalue weighted by Crippen LogP contribution is -2.47. The molecule has 0 saturated heterocycles. The molecule has 3 nitrogen and oxygen atoms in total. The zero-order valence-corrected chi connectivity index (χ0v) is 14.5. The number of benzene rings is 2. The molecule has 0 bridgehead atoms. The van der Waals surface area contributed by atoms with Crippen LogP contribution in [0.4, 0.5) is 11.4 Å². The molecule has 0 aliphatic carbocycles. The van der Waals surface area contributed by atoms with Gasteiger partial charge < -0.3 is 4.90 Å². The molecule has 0 spiro atoms. The molecule has 24 heavy (non-hydrogen) atoms. The van der Waals surface area contributed by atoms with Gasteiger partial charge in [-0.05, 0) is 43.3 Å². The van der Waals surface area contributed by atoms with Crippen molar-refractivity contribution in [1.82, 2.24) is 0 Å². The Labute approximate surface area is 145 Å². The van der Waals surface area contributed by atoms with Crippen molar-refractivity contribution in [2.24, 2.45) is 0 Å². The minimum atomic E-state index is -0.131. The molecule has 1 aromatic heterocycles. The molecule has 0 radical (unpaired) electrons. The Balaban J connectivity index is 1.92. The van der Waals surface area contributed by atoms with Crippen LogP contribution in [0.3, 0.4) is 0 Å². The number of hydrogen-bond acceptors (Lipinski definition) is 3. The molecule has 1 aliphatic heterocycles. The van der Waals surface area contributed by atoms with E-state index < -0.39 is 0 Å². The Hall–Kier alpha value is -2.59. The maximum atomic E-state index is 13.3. The van der Waals surface area contributed by atoms with Gasteiger partial charge in [-0.15, -0.1) is 11.3 Å². The molecular formula is C20H18N2OS. The van der Waals surface area contributed by atoms with Crippen molar-refractivity contribution in [3.63, 3.8) is 0 Å². The van der Waals surface area contributed by atoms with Crippen molar-refractivity contribution in [2.45, 2.75) is 13.1 Å². The summed E-state index contributed by atoms with van der Waals surface area (Å²) in [6.45, 7) is 2.10. The van der Waals surface area contributed by atoms with E-state index in [1.165, 1.54) is 9.75 Å². The molecule has 0 unspecified atom stereocenters. The molecule has 1 amide bonds. The summed E-state index contributed by atoms with van der Waals surface area (Å²) in [6, 6.07) is 22.0. The summed E-state index contributed by atoms with van der Waals surface area (Å²) in [4.78, 5) is 19.8. The average molecular weight is 334 g/mol. The number of fused-ring (bicyclic) bond motifs is 1. The van der Waals surface area contributed by atoms with Crippen LogP contribution in [0.1, 0.15) is 26.3 Å². The molecular weight excluding hydrogens is 316 g/mol. The summed E-state index contributed by atoms with van der Waals surface area (Å²) in [5, 5.41) is 0. The predicted molar refractivity (Wildman–Crippen MR) is 99.9 cm³/mol. The van der Waals surface area contributed by atoms with E-state index in [0.717, 1.165) is 16.9 Å².